The molecule has 8 heteroatoms. The number of sulfonamides is 1. The van der Waals surface area contributed by atoms with E-state index in [4.69, 9.17) is 4.74 Å². The summed E-state index contributed by atoms with van der Waals surface area (Å²) in [7, 11) is -1.88. The number of fused-ring (bicyclic) bond motifs is 1. The van der Waals surface area contributed by atoms with Gasteiger partial charge in [-0.3, -0.25) is 9.58 Å². The molecule has 0 aliphatic carbocycles. The van der Waals surface area contributed by atoms with Crippen LogP contribution in [0.4, 0.5) is 0 Å². The molecule has 0 N–H and O–H groups in total. The van der Waals surface area contributed by atoms with Crippen LogP contribution in [-0.2, 0) is 30.2 Å². The summed E-state index contributed by atoms with van der Waals surface area (Å²) < 4.78 is 36.0. The summed E-state index contributed by atoms with van der Waals surface area (Å²) in [5, 5.41) is 4.30. The Morgan fingerprint density at radius 1 is 1.07 bits per heavy atom. The molecule has 1 aromatic heterocycles. The minimum atomic E-state index is -3.65. The van der Waals surface area contributed by atoms with Crippen LogP contribution in [0.5, 0.6) is 5.75 Å². The Labute approximate surface area is 179 Å². The van der Waals surface area contributed by atoms with E-state index in [9.17, 15) is 8.42 Å². The second kappa shape index (κ2) is 8.69. The van der Waals surface area contributed by atoms with Gasteiger partial charge in [-0.1, -0.05) is 18.9 Å². The van der Waals surface area contributed by atoms with Crippen LogP contribution in [0.25, 0.3) is 0 Å². The highest BCUT2D eigenvalue weighted by Gasteiger charge is 2.32. The Hall–Kier alpha value is -1.90. The number of aryl methyl sites for hydroxylation is 2. The third-order valence-electron chi connectivity index (χ3n) is 6.22. The molecule has 0 unspecified atom stereocenters. The van der Waals surface area contributed by atoms with Crippen LogP contribution in [0, 0.1) is 13.8 Å². The molecule has 1 fully saturated rings. The molecule has 1 aromatic carbocycles. The molecule has 0 amide bonds. The van der Waals surface area contributed by atoms with Crippen molar-refractivity contribution in [3.63, 3.8) is 0 Å². The summed E-state index contributed by atoms with van der Waals surface area (Å²) in [6, 6.07) is 6.24. The number of nitrogens with zero attached hydrogens (tertiary/aromatic N) is 4. The SMILES string of the molecule is Cc1nn(C)c(C)c1S(=O)(=O)N1CCOc2ccc(CN3CCCCCC3)cc2C1. The number of aromatic nitrogens is 2. The smallest absolute Gasteiger partial charge is 0.247 e. The molecule has 3 heterocycles. The van der Waals surface area contributed by atoms with E-state index in [1.807, 2.05) is 6.07 Å². The molecule has 1 saturated heterocycles. The molecule has 2 aliphatic rings. The lowest BCUT2D eigenvalue weighted by atomic mass is 10.1. The molecule has 0 saturated carbocycles. The molecular formula is C22H32N4O3S. The molecule has 30 heavy (non-hydrogen) atoms. The Bertz CT molecular complexity index is 1010. The fourth-order valence-electron chi connectivity index (χ4n) is 4.54. The average Bonchev–Trinajstić information content (AvgIpc) is 2.94. The van der Waals surface area contributed by atoms with Gasteiger partial charge in [0, 0.05) is 32.2 Å². The Balaban J connectivity index is 1.59. The number of hydrogen-bond acceptors (Lipinski definition) is 5. The molecule has 2 aromatic rings. The van der Waals surface area contributed by atoms with Crippen molar-refractivity contribution >= 4 is 10.0 Å². The van der Waals surface area contributed by atoms with Gasteiger partial charge in [-0.25, -0.2) is 8.42 Å². The zero-order chi connectivity index (χ0) is 21.3. The van der Waals surface area contributed by atoms with Crippen molar-refractivity contribution in [2.45, 2.75) is 57.5 Å². The van der Waals surface area contributed by atoms with Gasteiger partial charge < -0.3 is 4.74 Å². The maximum atomic E-state index is 13.5. The van der Waals surface area contributed by atoms with Crippen LogP contribution < -0.4 is 4.74 Å². The van der Waals surface area contributed by atoms with Gasteiger partial charge in [-0.15, -0.1) is 0 Å². The second-order valence-corrected chi connectivity index (χ2v) is 10.3. The van der Waals surface area contributed by atoms with Crippen molar-refractivity contribution < 1.29 is 13.2 Å². The van der Waals surface area contributed by atoms with Crippen molar-refractivity contribution in [1.29, 1.82) is 0 Å². The zero-order valence-electron chi connectivity index (χ0n) is 18.2. The second-order valence-electron chi connectivity index (χ2n) is 8.44. The molecule has 0 atom stereocenters. The lowest BCUT2D eigenvalue weighted by Gasteiger charge is -2.21. The first-order valence-electron chi connectivity index (χ1n) is 10.8. The lowest BCUT2D eigenvalue weighted by molar-refractivity contribution is 0.276. The summed E-state index contributed by atoms with van der Waals surface area (Å²) in [6.45, 7) is 7.71. The summed E-state index contributed by atoms with van der Waals surface area (Å²) in [5.74, 6) is 0.784. The molecule has 2 aliphatic heterocycles. The number of likely N-dealkylation sites (tertiary alicyclic amines) is 1. The van der Waals surface area contributed by atoms with Gasteiger partial charge in [-0.2, -0.15) is 9.40 Å². The van der Waals surface area contributed by atoms with E-state index in [0.717, 1.165) is 30.9 Å². The third-order valence-corrected chi connectivity index (χ3v) is 8.31. The van der Waals surface area contributed by atoms with Crippen LogP contribution in [0.3, 0.4) is 0 Å². The van der Waals surface area contributed by atoms with Gasteiger partial charge in [0.2, 0.25) is 10.0 Å². The Morgan fingerprint density at radius 2 is 1.80 bits per heavy atom. The van der Waals surface area contributed by atoms with Gasteiger partial charge in [0.25, 0.3) is 0 Å². The largest absolute Gasteiger partial charge is 0.492 e. The fraction of sp³-hybridized carbons (Fsp3) is 0.591. The maximum absolute atomic E-state index is 13.5. The monoisotopic (exact) mass is 432 g/mol. The highest BCUT2D eigenvalue weighted by Crippen LogP contribution is 2.30. The molecule has 0 spiro atoms. The van der Waals surface area contributed by atoms with Gasteiger partial charge in [-0.05, 0) is 57.5 Å². The van der Waals surface area contributed by atoms with Crippen LogP contribution in [0.1, 0.15) is 48.2 Å². The summed E-state index contributed by atoms with van der Waals surface area (Å²) in [4.78, 5) is 2.82. The number of hydrogen-bond donors (Lipinski definition) is 0. The Kier molecular flexibility index (Phi) is 6.18. The first-order valence-corrected chi connectivity index (χ1v) is 12.3. The Morgan fingerprint density at radius 3 is 2.47 bits per heavy atom. The van der Waals surface area contributed by atoms with Gasteiger partial charge in [0.05, 0.1) is 11.4 Å². The molecular weight excluding hydrogens is 400 g/mol. The van der Waals surface area contributed by atoms with Crippen LogP contribution in [0.2, 0.25) is 0 Å². The maximum Gasteiger partial charge on any atom is 0.247 e. The topological polar surface area (TPSA) is 67.7 Å². The van der Waals surface area contributed by atoms with E-state index in [2.05, 4.69) is 22.1 Å². The third kappa shape index (κ3) is 4.26. The van der Waals surface area contributed by atoms with Crippen molar-refractivity contribution in [1.82, 2.24) is 19.0 Å². The number of ether oxygens (including phenoxy) is 1. The number of rotatable bonds is 4. The summed E-state index contributed by atoms with van der Waals surface area (Å²) in [6.07, 6.45) is 5.14. The van der Waals surface area contributed by atoms with E-state index in [-0.39, 0.29) is 0 Å². The van der Waals surface area contributed by atoms with Gasteiger partial charge >= 0.3 is 0 Å². The van der Waals surface area contributed by atoms with Crippen molar-refractivity contribution in [3.8, 4) is 5.75 Å². The molecule has 0 radical (unpaired) electrons. The first kappa shape index (κ1) is 21.3. The summed E-state index contributed by atoms with van der Waals surface area (Å²) >= 11 is 0. The summed E-state index contributed by atoms with van der Waals surface area (Å²) in [5.41, 5.74) is 3.35. The normalized spacial score (nSPS) is 19.0. The van der Waals surface area contributed by atoms with E-state index in [1.165, 1.54) is 35.6 Å². The van der Waals surface area contributed by atoms with Crippen molar-refractivity contribution in [2.24, 2.45) is 7.05 Å². The molecule has 164 valence electrons. The molecule has 0 bridgehead atoms. The van der Waals surface area contributed by atoms with Crippen molar-refractivity contribution in [3.05, 3.63) is 40.7 Å². The number of benzene rings is 1. The highest BCUT2D eigenvalue weighted by molar-refractivity contribution is 7.89. The van der Waals surface area contributed by atoms with Crippen LogP contribution in [0.15, 0.2) is 23.1 Å². The van der Waals surface area contributed by atoms with Crippen molar-refractivity contribution in [2.75, 3.05) is 26.2 Å². The van der Waals surface area contributed by atoms with Gasteiger partial charge in [0.15, 0.2) is 0 Å². The minimum Gasteiger partial charge on any atom is -0.492 e. The van der Waals surface area contributed by atoms with Crippen LogP contribution in [-0.4, -0.2) is 53.6 Å². The average molecular weight is 433 g/mol. The molecule has 4 rings (SSSR count). The van der Waals surface area contributed by atoms with E-state index >= 15 is 0 Å². The zero-order valence-corrected chi connectivity index (χ0v) is 19.0. The van der Waals surface area contributed by atoms with E-state index in [0.29, 0.717) is 36.0 Å². The predicted molar refractivity (Wildman–Crippen MR) is 116 cm³/mol. The highest BCUT2D eigenvalue weighted by atomic mass is 32.2. The lowest BCUT2D eigenvalue weighted by Crippen LogP contribution is -2.33. The fourth-order valence-corrected chi connectivity index (χ4v) is 6.34. The van der Waals surface area contributed by atoms with E-state index < -0.39 is 10.0 Å². The quantitative estimate of drug-likeness (QED) is 0.743. The first-order chi connectivity index (χ1) is 14.4. The van der Waals surface area contributed by atoms with E-state index in [1.54, 1.807) is 25.6 Å². The van der Waals surface area contributed by atoms with Gasteiger partial charge in [0.1, 0.15) is 17.3 Å². The predicted octanol–water partition coefficient (Wildman–Crippen LogP) is 3.00. The molecule has 7 nitrogen and oxygen atoms in total. The standard InChI is InChI=1S/C22H32N4O3S/c1-17-22(18(2)24(3)23-17)30(27,28)26-12-13-29-21-9-8-19(14-20(21)16-26)15-25-10-6-4-5-7-11-25/h8-9,14H,4-7,10-13,15-16H2,1-3H3. The van der Waals surface area contributed by atoms with Crippen LogP contribution >= 0.6 is 0 Å². The minimum absolute atomic E-state index is 0.314.